The maximum Gasteiger partial charge on any atom is 0.120 e. The SMILES string of the molecule is CN(CCOc1cccc(Cl)c1)C[C@@H](O)Cn1cccn1. The molecule has 0 unspecified atom stereocenters. The highest BCUT2D eigenvalue weighted by Gasteiger charge is 2.09. The van der Waals surface area contributed by atoms with Crippen LogP contribution in [0.1, 0.15) is 0 Å². The van der Waals surface area contributed by atoms with Gasteiger partial charge in [0.05, 0.1) is 12.6 Å². The molecular formula is C15H20ClN3O2. The number of ether oxygens (including phenoxy) is 1. The van der Waals surface area contributed by atoms with Gasteiger partial charge in [0.2, 0.25) is 0 Å². The third-order valence-corrected chi connectivity index (χ3v) is 3.25. The Hall–Kier alpha value is -1.56. The molecule has 0 bridgehead atoms. The molecule has 0 aliphatic carbocycles. The minimum Gasteiger partial charge on any atom is -0.492 e. The second-order valence-electron chi connectivity index (χ2n) is 4.95. The number of halogens is 1. The molecule has 5 nitrogen and oxygen atoms in total. The Balaban J connectivity index is 1.66. The van der Waals surface area contributed by atoms with E-state index in [1.165, 1.54) is 0 Å². The topological polar surface area (TPSA) is 50.5 Å². The largest absolute Gasteiger partial charge is 0.492 e. The normalized spacial score (nSPS) is 12.6. The standard InChI is InChI=1S/C15H20ClN3O2/c1-18(11-14(20)12-19-7-3-6-17-19)8-9-21-15-5-2-4-13(16)10-15/h2-7,10,14,20H,8-9,11-12H2,1H3/t14-/m1/s1. The van der Waals surface area contributed by atoms with Crippen molar-refractivity contribution in [2.24, 2.45) is 0 Å². The van der Waals surface area contributed by atoms with Crippen LogP contribution < -0.4 is 4.74 Å². The molecule has 1 atom stereocenters. The average molecular weight is 310 g/mol. The first kappa shape index (κ1) is 15.8. The van der Waals surface area contributed by atoms with Crippen LogP contribution in [0.5, 0.6) is 5.75 Å². The molecule has 0 fully saturated rings. The first-order valence-electron chi connectivity index (χ1n) is 6.86. The predicted molar refractivity (Wildman–Crippen MR) is 82.7 cm³/mol. The van der Waals surface area contributed by atoms with E-state index in [1.807, 2.05) is 42.4 Å². The van der Waals surface area contributed by atoms with Gasteiger partial charge >= 0.3 is 0 Å². The summed E-state index contributed by atoms with van der Waals surface area (Å²) in [5, 5.41) is 14.7. The number of aliphatic hydroxyl groups excluding tert-OH is 1. The maximum atomic E-state index is 9.98. The minimum atomic E-state index is -0.457. The van der Waals surface area contributed by atoms with Gasteiger partial charge in [-0.1, -0.05) is 17.7 Å². The number of aromatic nitrogens is 2. The summed E-state index contributed by atoms with van der Waals surface area (Å²) in [6, 6.07) is 9.17. The first-order valence-corrected chi connectivity index (χ1v) is 7.23. The Labute approximate surface area is 129 Å². The Morgan fingerprint density at radius 1 is 1.43 bits per heavy atom. The highest BCUT2D eigenvalue weighted by atomic mass is 35.5. The van der Waals surface area contributed by atoms with E-state index in [-0.39, 0.29) is 0 Å². The third kappa shape index (κ3) is 5.75. The van der Waals surface area contributed by atoms with E-state index in [2.05, 4.69) is 5.10 Å². The van der Waals surface area contributed by atoms with Crippen LogP contribution in [0.15, 0.2) is 42.7 Å². The van der Waals surface area contributed by atoms with Gasteiger partial charge in [0.25, 0.3) is 0 Å². The zero-order valence-corrected chi connectivity index (χ0v) is 12.8. The summed E-state index contributed by atoms with van der Waals surface area (Å²) in [6.07, 6.45) is 3.09. The van der Waals surface area contributed by atoms with Crippen molar-refractivity contribution in [3.8, 4) is 5.75 Å². The van der Waals surface area contributed by atoms with Crippen LogP contribution in [0, 0.1) is 0 Å². The van der Waals surface area contributed by atoms with E-state index in [4.69, 9.17) is 16.3 Å². The molecule has 2 rings (SSSR count). The van der Waals surface area contributed by atoms with Crippen LogP contribution in [-0.4, -0.2) is 52.6 Å². The summed E-state index contributed by atoms with van der Waals surface area (Å²) in [5.74, 6) is 0.757. The summed E-state index contributed by atoms with van der Waals surface area (Å²) >= 11 is 5.89. The molecule has 0 saturated heterocycles. The van der Waals surface area contributed by atoms with Crippen molar-refractivity contribution in [1.82, 2.24) is 14.7 Å². The molecule has 1 aromatic carbocycles. The van der Waals surface area contributed by atoms with Crippen LogP contribution in [0.2, 0.25) is 5.02 Å². The van der Waals surface area contributed by atoms with Crippen LogP contribution in [0.25, 0.3) is 0 Å². The zero-order chi connectivity index (χ0) is 15.1. The highest BCUT2D eigenvalue weighted by Crippen LogP contribution is 2.16. The summed E-state index contributed by atoms with van der Waals surface area (Å²) < 4.78 is 7.34. The molecule has 1 aromatic heterocycles. The van der Waals surface area contributed by atoms with Crippen molar-refractivity contribution in [2.75, 3.05) is 26.7 Å². The zero-order valence-electron chi connectivity index (χ0n) is 12.0. The molecule has 0 radical (unpaired) electrons. The molecule has 21 heavy (non-hydrogen) atoms. The van der Waals surface area contributed by atoms with E-state index < -0.39 is 6.10 Å². The van der Waals surface area contributed by atoms with Crippen LogP contribution in [0.3, 0.4) is 0 Å². The lowest BCUT2D eigenvalue weighted by atomic mass is 10.3. The Morgan fingerprint density at radius 2 is 2.29 bits per heavy atom. The number of hydrogen-bond acceptors (Lipinski definition) is 4. The second kappa shape index (κ2) is 8.02. The smallest absolute Gasteiger partial charge is 0.120 e. The Bertz CT molecular complexity index is 533. The van der Waals surface area contributed by atoms with Crippen molar-refractivity contribution in [3.05, 3.63) is 47.7 Å². The number of rotatable bonds is 8. The van der Waals surface area contributed by atoms with Gasteiger partial charge in [0.15, 0.2) is 0 Å². The van der Waals surface area contributed by atoms with Crippen molar-refractivity contribution in [3.63, 3.8) is 0 Å². The Kier molecular flexibility index (Phi) is 6.04. The Morgan fingerprint density at radius 3 is 3.00 bits per heavy atom. The lowest BCUT2D eigenvalue weighted by Crippen LogP contribution is -2.34. The fraction of sp³-hybridized carbons (Fsp3) is 0.400. The van der Waals surface area contributed by atoms with E-state index >= 15 is 0 Å². The van der Waals surface area contributed by atoms with E-state index in [1.54, 1.807) is 16.9 Å². The van der Waals surface area contributed by atoms with Gasteiger partial charge in [0, 0.05) is 30.5 Å². The lowest BCUT2D eigenvalue weighted by molar-refractivity contribution is 0.0995. The molecule has 1 N–H and O–H groups in total. The highest BCUT2D eigenvalue weighted by molar-refractivity contribution is 6.30. The molecule has 114 valence electrons. The van der Waals surface area contributed by atoms with Crippen LogP contribution in [-0.2, 0) is 6.54 Å². The van der Waals surface area contributed by atoms with Crippen molar-refractivity contribution < 1.29 is 9.84 Å². The van der Waals surface area contributed by atoms with Crippen LogP contribution >= 0.6 is 11.6 Å². The van der Waals surface area contributed by atoms with E-state index in [0.29, 0.717) is 24.7 Å². The molecule has 2 aromatic rings. The number of aliphatic hydroxyl groups is 1. The van der Waals surface area contributed by atoms with Gasteiger partial charge < -0.3 is 14.7 Å². The molecule has 1 heterocycles. The van der Waals surface area contributed by atoms with Crippen LogP contribution in [0.4, 0.5) is 0 Å². The third-order valence-electron chi connectivity index (χ3n) is 3.02. The summed E-state index contributed by atoms with van der Waals surface area (Å²) in [5.41, 5.74) is 0. The van der Waals surface area contributed by atoms with Gasteiger partial charge in [-0.25, -0.2) is 0 Å². The maximum absolute atomic E-state index is 9.98. The fourth-order valence-electron chi connectivity index (χ4n) is 2.01. The van der Waals surface area contributed by atoms with Crippen molar-refractivity contribution in [2.45, 2.75) is 12.6 Å². The quantitative estimate of drug-likeness (QED) is 0.809. The number of nitrogens with zero attached hydrogens (tertiary/aromatic N) is 3. The molecule has 6 heteroatoms. The summed E-state index contributed by atoms with van der Waals surface area (Å²) in [7, 11) is 1.95. The minimum absolute atomic E-state index is 0.457. The molecule has 0 spiro atoms. The van der Waals surface area contributed by atoms with Gasteiger partial charge in [-0.15, -0.1) is 0 Å². The van der Waals surface area contributed by atoms with Gasteiger partial charge in [-0.05, 0) is 31.3 Å². The molecule has 0 saturated carbocycles. The van der Waals surface area contributed by atoms with Crippen molar-refractivity contribution in [1.29, 1.82) is 0 Å². The van der Waals surface area contributed by atoms with E-state index in [9.17, 15) is 5.11 Å². The van der Waals surface area contributed by atoms with Gasteiger partial charge in [-0.2, -0.15) is 5.10 Å². The fourth-order valence-corrected chi connectivity index (χ4v) is 2.19. The molecule has 0 amide bonds. The first-order chi connectivity index (χ1) is 10.1. The summed E-state index contributed by atoms with van der Waals surface area (Å²) in [4.78, 5) is 2.03. The molecular weight excluding hydrogens is 290 g/mol. The summed E-state index contributed by atoms with van der Waals surface area (Å²) in [6.45, 7) is 2.33. The monoisotopic (exact) mass is 309 g/mol. The number of likely N-dealkylation sites (N-methyl/N-ethyl adjacent to an activating group) is 1. The molecule has 0 aliphatic heterocycles. The lowest BCUT2D eigenvalue weighted by Gasteiger charge is -2.20. The van der Waals surface area contributed by atoms with Gasteiger partial charge in [0.1, 0.15) is 12.4 Å². The van der Waals surface area contributed by atoms with E-state index in [0.717, 1.165) is 12.3 Å². The van der Waals surface area contributed by atoms with Crippen molar-refractivity contribution >= 4 is 11.6 Å². The predicted octanol–water partition coefficient (Wildman–Crippen LogP) is 1.91. The number of hydrogen-bond donors (Lipinski definition) is 1. The molecule has 0 aliphatic rings. The van der Waals surface area contributed by atoms with Gasteiger partial charge in [-0.3, -0.25) is 4.68 Å². The average Bonchev–Trinajstić information content (AvgIpc) is 2.91. The number of benzene rings is 1. The second-order valence-corrected chi connectivity index (χ2v) is 5.39.